The van der Waals surface area contributed by atoms with Gasteiger partial charge in [0.15, 0.2) is 0 Å². The molecule has 0 bridgehead atoms. The molecule has 0 aliphatic heterocycles. The predicted molar refractivity (Wildman–Crippen MR) is 95.2 cm³/mol. The van der Waals surface area contributed by atoms with E-state index in [2.05, 4.69) is 5.32 Å². The number of anilines is 1. The molecule has 1 aromatic rings. The molecule has 1 aliphatic carbocycles. The van der Waals surface area contributed by atoms with E-state index in [9.17, 15) is 24.3 Å². The van der Waals surface area contributed by atoms with Crippen LogP contribution in [0.3, 0.4) is 0 Å². The summed E-state index contributed by atoms with van der Waals surface area (Å²) in [6.07, 6.45) is 2.43. The van der Waals surface area contributed by atoms with Gasteiger partial charge in [-0.05, 0) is 32.3 Å². The van der Waals surface area contributed by atoms with Gasteiger partial charge in [0, 0.05) is 0 Å². The number of nitrogens with one attached hydrogen (secondary N) is 1. The molecule has 9 heteroatoms. The fraction of sp³-hybridized carbons (Fsp3) is 0.529. The summed E-state index contributed by atoms with van der Waals surface area (Å²) in [5.41, 5.74) is 5.76. The Labute approximate surface area is 154 Å². The van der Waals surface area contributed by atoms with Crippen molar-refractivity contribution in [1.29, 1.82) is 0 Å². The Kier molecular flexibility index (Phi) is 6.36. The minimum absolute atomic E-state index is 0.0849. The van der Waals surface area contributed by atoms with Crippen LogP contribution in [-0.2, 0) is 14.3 Å². The lowest BCUT2D eigenvalue weighted by Gasteiger charge is -2.27. The zero-order valence-corrected chi connectivity index (χ0v) is 15.5. The van der Waals surface area contributed by atoms with Crippen LogP contribution >= 0.6 is 11.3 Å². The van der Waals surface area contributed by atoms with Crippen LogP contribution in [-0.4, -0.2) is 35.5 Å². The van der Waals surface area contributed by atoms with Crippen LogP contribution in [0, 0.1) is 18.8 Å². The second-order valence-electron chi connectivity index (χ2n) is 6.17. The Hall–Kier alpha value is -2.42. The van der Waals surface area contributed by atoms with Gasteiger partial charge in [0.2, 0.25) is 5.91 Å². The summed E-state index contributed by atoms with van der Waals surface area (Å²) in [4.78, 5) is 48.1. The number of primary amides is 1. The van der Waals surface area contributed by atoms with Gasteiger partial charge in [-0.15, -0.1) is 11.3 Å². The van der Waals surface area contributed by atoms with Crippen LogP contribution in [0.5, 0.6) is 0 Å². The molecule has 1 fully saturated rings. The second-order valence-corrected chi connectivity index (χ2v) is 7.19. The molecule has 2 amide bonds. The fourth-order valence-corrected chi connectivity index (χ4v) is 4.28. The van der Waals surface area contributed by atoms with Gasteiger partial charge in [-0.2, -0.15) is 0 Å². The third-order valence-electron chi connectivity index (χ3n) is 4.51. The number of hydrogen-bond donors (Lipinski definition) is 3. The fourth-order valence-electron chi connectivity index (χ4n) is 3.23. The Morgan fingerprint density at radius 3 is 2.38 bits per heavy atom. The second kappa shape index (κ2) is 8.31. The van der Waals surface area contributed by atoms with Gasteiger partial charge in [0.25, 0.3) is 5.91 Å². The number of carboxylic acid groups (broad SMARTS) is 1. The number of hydrogen-bond acceptors (Lipinski definition) is 6. The third kappa shape index (κ3) is 4.04. The lowest BCUT2D eigenvalue weighted by molar-refractivity contribution is -0.147. The van der Waals surface area contributed by atoms with Crippen molar-refractivity contribution in [3.8, 4) is 0 Å². The van der Waals surface area contributed by atoms with Crippen molar-refractivity contribution in [1.82, 2.24) is 0 Å². The van der Waals surface area contributed by atoms with Crippen LogP contribution in [0.4, 0.5) is 5.00 Å². The summed E-state index contributed by atoms with van der Waals surface area (Å²) in [5, 5.41) is 12.1. The van der Waals surface area contributed by atoms with Crippen molar-refractivity contribution in [2.24, 2.45) is 17.6 Å². The number of carbonyl (C=O) groups excluding carboxylic acids is 3. The van der Waals surface area contributed by atoms with E-state index >= 15 is 0 Å². The summed E-state index contributed by atoms with van der Waals surface area (Å²) >= 11 is 0.896. The van der Waals surface area contributed by atoms with Crippen LogP contribution in [0.2, 0.25) is 0 Å². The van der Waals surface area contributed by atoms with E-state index in [0.717, 1.165) is 24.2 Å². The van der Waals surface area contributed by atoms with E-state index < -0.39 is 35.6 Å². The molecule has 0 saturated heterocycles. The van der Waals surface area contributed by atoms with Gasteiger partial charge in [-0.3, -0.25) is 14.4 Å². The van der Waals surface area contributed by atoms with Crippen molar-refractivity contribution in [2.75, 3.05) is 11.9 Å². The van der Waals surface area contributed by atoms with E-state index in [-0.39, 0.29) is 22.0 Å². The van der Waals surface area contributed by atoms with E-state index in [0.29, 0.717) is 18.4 Å². The molecule has 0 radical (unpaired) electrons. The molecular weight excluding hydrogens is 360 g/mol. The molecular formula is C17H22N2O6S. The minimum Gasteiger partial charge on any atom is -0.481 e. The molecule has 26 heavy (non-hydrogen) atoms. The Morgan fingerprint density at radius 2 is 1.85 bits per heavy atom. The molecule has 1 aliphatic rings. The van der Waals surface area contributed by atoms with Gasteiger partial charge in [0.05, 0.1) is 28.9 Å². The number of carbonyl (C=O) groups is 4. The molecule has 2 unspecified atom stereocenters. The maximum absolute atomic E-state index is 12.7. The molecule has 1 saturated carbocycles. The summed E-state index contributed by atoms with van der Waals surface area (Å²) in [6, 6.07) is 0. The Bertz CT molecular complexity index is 742. The maximum Gasteiger partial charge on any atom is 0.341 e. The molecule has 1 heterocycles. The summed E-state index contributed by atoms with van der Waals surface area (Å²) in [5.74, 6) is -4.29. The van der Waals surface area contributed by atoms with Gasteiger partial charge >= 0.3 is 11.9 Å². The van der Waals surface area contributed by atoms with Crippen LogP contribution in [0.1, 0.15) is 58.2 Å². The number of amides is 2. The highest BCUT2D eigenvalue weighted by atomic mass is 32.1. The smallest absolute Gasteiger partial charge is 0.341 e. The summed E-state index contributed by atoms with van der Waals surface area (Å²) in [7, 11) is 0. The Balaban J connectivity index is 2.33. The quantitative estimate of drug-likeness (QED) is 0.645. The number of nitrogens with two attached hydrogens (primary N) is 1. The van der Waals surface area contributed by atoms with E-state index in [1.165, 1.54) is 0 Å². The molecule has 0 aromatic carbocycles. The van der Waals surface area contributed by atoms with Gasteiger partial charge < -0.3 is 20.9 Å². The van der Waals surface area contributed by atoms with Crippen LogP contribution < -0.4 is 11.1 Å². The number of aliphatic carboxylic acids is 1. The standard InChI is InChI=1S/C17H22N2O6S/c1-3-25-17(24)11-8(2)12(13(18)20)26-15(11)19-14(21)9-6-4-5-7-10(9)16(22)23/h9-10H,3-7H2,1-2H3,(H2,18,20)(H,19,21)(H,22,23). The molecule has 2 rings (SSSR count). The topological polar surface area (TPSA) is 136 Å². The van der Waals surface area contributed by atoms with Gasteiger partial charge in [-0.25, -0.2) is 4.79 Å². The van der Waals surface area contributed by atoms with Gasteiger partial charge in [0.1, 0.15) is 5.00 Å². The third-order valence-corrected chi connectivity index (χ3v) is 5.73. The van der Waals surface area contributed by atoms with Gasteiger partial charge in [-0.1, -0.05) is 12.8 Å². The maximum atomic E-state index is 12.7. The first-order valence-corrected chi connectivity index (χ1v) is 9.23. The number of carboxylic acids is 1. The highest BCUT2D eigenvalue weighted by molar-refractivity contribution is 7.18. The van der Waals surface area contributed by atoms with Crippen molar-refractivity contribution in [2.45, 2.75) is 39.5 Å². The highest BCUT2D eigenvalue weighted by Crippen LogP contribution is 2.36. The molecule has 8 nitrogen and oxygen atoms in total. The number of rotatable bonds is 6. The molecule has 142 valence electrons. The van der Waals surface area contributed by atoms with Crippen molar-refractivity contribution < 1.29 is 29.0 Å². The predicted octanol–water partition coefficient (Wildman–Crippen LogP) is 2.16. The zero-order valence-electron chi connectivity index (χ0n) is 14.7. The number of ether oxygens (including phenoxy) is 1. The lowest BCUT2D eigenvalue weighted by Crippen LogP contribution is -2.36. The molecule has 4 N–H and O–H groups in total. The average molecular weight is 382 g/mol. The highest BCUT2D eigenvalue weighted by Gasteiger charge is 2.37. The first-order valence-electron chi connectivity index (χ1n) is 8.41. The van der Waals surface area contributed by atoms with E-state index in [1.807, 2.05) is 0 Å². The number of esters is 1. The van der Waals surface area contributed by atoms with Crippen molar-refractivity contribution in [3.05, 3.63) is 16.0 Å². The van der Waals surface area contributed by atoms with E-state index in [4.69, 9.17) is 10.5 Å². The van der Waals surface area contributed by atoms with Crippen LogP contribution in [0.25, 0.3) is 0 Å². The monoisotopic (exact) mass is 382 g/mol. The first kappa shape index (κ1) is 19.9. The molecule has 0 spiro atoms. The van der Waals surface area contributed by atoms with Crippen LogP contribution in [0.15, 0.2) is 0 Å². The average Bonchev–Trinajstić information content (AvgIpc) is 2.91. The first-order chi connectivity index (χ1) is 12.3. The molecule has 1 aromatic heterocycles. The number of thiophene rings is 1. The SMILES string of the molecule is CCOC(=O)c1c(NC(=O)C2CCCCC2C(=O)O)sc(C(N)=O)c1C. The minimum atomic E-state index is -1.00. The molecule has 2 atom stereocenters. The van der Waals surface area contributed by atoms with E-state index in [1.54, 1.807) is 13.8 Å². The lowest BCUT2D eigenvalue weighted by atomic mass is 9.79. The van der Waals surface area contributed by atoms with Crippen molar-refractivity contribution in [3.63, 3.8) is 0 Å². The van der Waals surface area contributed by atoms with Crippen molar-refractivity contribution >= 4 is 40.1 Å². The summed E-state index contributed by atoms with van der Waals surface area (Å²) in [6.45, 7) is 3.34. The summed E-state index contributed by atoms with van der Waals surface area (Å²) < 4.78 is 5.00. The zero-order chi connectivity index (χ0) is 19.4. The Morgan fingerprint density at radius 1 is 1.23 bits per heavy atom. The normalized spacial score (nSPS) is 19.6. The largest absolute Gasteiger partial charge is 0.481 e.